The highest BCUT2D eigenvalue weighted by molar-refractivity contribution is 5.93. The van der Waals surface area contributed by atoms with E-state index in [4.69, 9.17) is 14.5 Å². The van der Waals surface area contributed by atoms with Gasteiger partial charge in [-0.1, -0.05) is 54.6 Å². The Morgan fingerprint density at radius 1 is 0.897 bits per heavy atom. The molecule has 0 atom stereocenters. The number of nitrogens with one attached hydrogen (secondary N) is 1. The number of hydrogen-bond acceptors (Lipinski definition) is 6. The first-order valence-electron chi connectivity index (χ1n) is 13.1. The number of aromatic nitrogens is 1. The van der Waals surface area contributed by atoms with E-state index in [9.17, 15) is 9.90 Å². The second-order valence-electron chi connectivity index (χ2n) is 9.78. The lowest BCUT2D eigenvalue weighted by molar-refractivity contribution is 0.0789. The van der Waals surface area contributed by atoms with Crippen molar-refractivity contribution in [1.29, 1.82) is 0 Å². The number of pyridine rings is 1. The Kier molecular flexibility index (Phi) is 7.79. The third-order valence-corrected chi connectivity index (χ3v) is 7.44. The average molecular weight is 524 g/mol. The van der Waals surface area contributed by atoms with Gasteiger partial charge < -0.3 is 19.9 Å². The molecule has 5 rings (SSSR count). The lowest BCUT2D eigenvalue weighted by atomic mass is 9.80. The summed E-state index contributed by atoms with van der Waals surface area (Å²) < 4.78 is 10.8. The number of hydrogen-bond donors (Lipinski definition) is 2. The number of ether oxygens (including phenoxy) is 2. The minimum absolute atomic E-state index is 0.213. The summed E-state index contributed by atoms with van der Waals surface area (Å²) in [5, 5.41) is 13.6. The molecular formula is C32H33N3O4. The minimum Gasteiger partial charge on any atom is -0.508 e. The molecule has 0 spiro atoms. The summed E-state index contributed by atoms with van der Waals surface area (Å²) in [4.78, 5) is 20.7. The van der Waals surface area contributed by atoms with Crippen molar-refractivity contribution in [3.63, 3.8) is 0 Å². The number of carbonyl (C=O) groups is 1. The van der Waals surface area contributed by atoms with E-state index >= 15 is 0 Å². The number of methoxy groups -OCH3 is 2. The highest BCUT2D eigenvalue weighted by atomic mass is 16.5. The maximum absolute atomic E-state index is 13.7. The number of aromatic hydroxyl groups is 1. The predicted molar refractivity (Wildman–Crippen MR) is 151 cm³/mol. The van der Waals surface area contributed by atoms with Gasteiger partial charge in [0.25, 0.3) is 5.91 Å². The topological polar surface area (TPSA) is 83.9 Å². The van der Waals surface area contributed by atoms with E-state index in [1.54, 1.807) is 26.4 Å². The van der Waals surface area contributed by atoms with Crippen LogP contribution in [0.5, 0.6) is 17.2 Å². The van der Waals surface area contributed by atoms with Crippen molar-refractivity contribution in [3.8, 4) is 28.5 Å². The lowest BCUT2D eigenvalue weighted by Crippen LogP contribution is -2.53. The summed E-state index contributed by atoms with van der Waals surface area (Å²) in [5.74, 6) is 1.33. The predicted octanol–water partition coefficient (Wildman–Crippen LogP) is 5.39. The van der Waals surface area contributed by atoms with Crippen molar-refractivity contribution >= 4 is 5.91 Å². The van der Waals surface area contributed by atoms with Crippen LogP contribution in [0.2, 0.25) is 0 Å². The SMILES string of the molecule is COc1ccc(-c2cccc(C(=O)NC3(c4ccccc4)CCN(Cc4ccccc4O)CC3)n2)cc1OC. The Morgan fingerprint density at radius 3 is 2.33 bits per heavy atom. The first-order chi connectivity index (χ1) is 19.0. The third kappa shape index (κ3) is 5.73. The molecule has 0 bridgehead atoms. The number of carbonyl (C=O) groups excluding carboxylic acids is 1. The molecule has 1 saturated heterocycles. The zero-order chi connectivity index (χ0) is 27.2. The van der Waals surface area contributed by atoms with Crippen LogP contribution in [0.25, 0.3) is 11.3 Å². The van der Waals surface area contributed by atoms with Gasteiger partial charge in [0.2, 0.25) is 0 Å². The zero-order valence-electron chi connectivity index (χ0n) is 22.3. The highest BCUT2D eigenvalue weighted by Crippen LogP contribution is 2.35. The van der Waals surface area contributed by atoms with Gasteiger partial charge in [0.15, 0.2) is 11.5 Å². The first-order valence-corrected chi connectivity index (χ1v) is 13.1. The largest absolute Gasteiger partial charge is 0.508 e. The molecule has 7 nitrogen and oxygen atoms in total. The van der Waals surface area contributed by atoms with Gasteiger partial charge in [-0.2, -0.15) is 0 Å². The number of nitrogens with zero attached hydrogens (tertiary/aromatic N) is 2. The number of phenols is 1. The summed E-state index contributed by atoms with van der Waals surface area (Å²) in [5.41, 5.74) is 3.33. The Hall–Kier alpha value is -4.36. The molecule has 1 aliphatic rings. The standard InChI is InChI=1S/C32H33N3O4/c1-38-29-16-15-23(21-30(29)39-2)26-12-8-13-27(33-26)31(37)34-32(25-10-4-3-5-11-25)17-19-35(20-18-32)22-24-9-6-7-14-28(24)36/h3-16,21,36H,17-20,22H2,1-2H3,(H,34,37). The van der Waals surface area contributed by atoms with Gasteiger partial charge in [0.1, 0.15) is 11.4 Å². The van der Waals surface area contributed by atoms with Crippen LogP contribution in [0.1, 0.15) is 34.5 Å². The molecule has 2 heterocycles. The van der Waals surface area contributed by atoms with Crippen molar-refractivity contribution in [3.05, 3.63) is 108 Å². The smallest absolute Gasteiger partial charge is 0.270 e. The van der Waals surface area contributed by atoms with E-state index in [2.05, 4.69) is 22.3 Å². The Balaban J connectivity index is 1.37. The van der Waals surface area contributed by atoms with Crippen LogP contribution in [0.3, 0.4) is 0 Å². The number of amides is 1. The van der Waals surface area contributed by atoms with Crippen molar-refractivity contribution in [2.75, 3.05) is 27.3 Å². The molecule has 0 saturated carbocycles. The quantitative estimate of drug-likeness (QED) is 0.322. The molecule has 3 aromatic carbocycles. The van der Waals surface area contributed by atoms with Gasteiger partial charge in [-0.3, -0.25) is 9.69 Å². The van der Waals surface area contributed by atoms with Crippen LogP contribution in [0, 0.1) is 0 Å². The summed E-state index contributed by atoms with van der Waals surface area (Å²) in [7, 11) is 3.19. The van der Waals surface area contributed by atoms with Crippen LogP contribution >= 0.6 is 0 Å². The molecule has 1 aliphatic heterocycles. The van der Waals surface area contributed by atoms with E-state index in [1.165, 1.54) is 0 Å². The normalized spacial score (nSPS) is 14.9. The number of benzene rings is 3. The fourth-order valence-electron chi connectivity index (χ4n) is 5.22. The van der Waals surface area contributed by atoms with Gasteiger partial charge >= 0.3 is 0 Å². The van der Waals surface area contributed by atoms with Gasteiger partial charge in [0, 0.05) is 30.8 Å². The zero-order valence-corrected chi connectivity index (χ0v) is 22.3. The van der Waals surface area contributed by atoms with E-state index in [0.717, 1.165) is 42.6 Å². The van der Waals surface area contributed by atoms with Crippen LogP contribution in [0.4, 0.5) is 0 Å². The summed E-state index contributed by atoms with van der Waals surface area (Å²) >= 11 is 0. The van der Waals surface area contributed by atoms with Crippen molar-refractivity contribution in [2.45, 2.75) is 24.9 Å². The molecule has 1 aromatic heterocycles. The van der Waals surface area contributed by atoms with E-state index in [-0.39, 0.29) is 5.91 Å². The highest BCUT2D eigenvalue weighted by Gasteiger charge is 2.38. The molecule has 7 heteroatoms. The van der Waals surface area contributed by atoms with E-state index in [1.807, 2.05) is 66.7 Å². The van der Waals surface area contributed by atoms with Crippen molar-refractivity contribution in [2.24, 2.45) is 0 Å². The molecule has 2 N–H and O–H groups in total. The lowest BCUT2D eigenvalue weighted by Gasteiger charge is -2.43. The van der Waals surface area contributed by atoms with Gasteiger partial charge in [-0.15, -0.1) is 0 Å². The molecule has 200 valence electrons. The van der Waals surface area contributed by atoms with E-state index < -0.39 is 5.54 Å². The second kappa shape index (κ2) is 11.6. The van der Waals surface area contributed by atoms with Gasteiger partial charge in [-0.25, -0.2) is 4.98 Å². The molecule has 0 radical (unpaired) electrons. The molecule has 4 aromatic rings. The van der Waals surface area contributed by atoms with Crippen LogP contribution < -0.4 is 14.8 Å². The average Bonchev–Trinajstić information content (AvgIpc) is 2.99. The number of piperidine rings is 1. The molecular weight excluding hydrogens is 490 g/mol. The van der Waals surface area contributed by atoms with Gasteiger partial charge in [-0.05, 0) is 54.8 Å². The number of para-hydroxylation sites is 1. The number of likely N-dealkylation sites (tertiary alicyclic amines) is 1. The molecule has 0 unspecified atom stereocenters. The minimum atomic E-state index is -0.519. The van der Waals surface area contributed by atoms with Crippen LogP contribution in [0.15, 0.2) is 91.0 Å². The van der Waals surface area contributed by atoms with Gasteiger partial charge in [0.05, 0.1) is 25.5 Å². The van der Waals surface area contributed by atoms with Crippen LogP contribution in [-0.4, -0.2) is 48.2 Å². The molecule has 1 amide bonds. The van der Waals surface area contributed by atoms with Crippen LogP contribution in [-0.2, 0) is 12.1 Å². The summed E-state index contributed by atoms with van der Waals surface area (Å²) in [6, 6.07) is 28.6. The third-order valence-electron chi connectivity index (χ3n) is 7.44. The Bertz CT molecular complexity index is 1430. The Morgan fingerprint density at radius 2 is 1.62 bits per heavy atom. The Labute approximate surface area is 229 Å². The number of phenolic OH excluding ortho intramolecular Hbond substituents is 1. The molecule has 39 heavy (non-hydrogen) atoms. The second-order valence-corrected chi connectivity index (χ2v) is 9.78. The van der Waals surface area contributed by atoms with Crippen molar-refractivity contribution in [1.82, 2.24) is 15.2 Å². The maximum Gasteiger partial charge on any atom is 0.270 e. The number of rotatable bonds is 8. The van der Waals surface area contributed by atoms with E-state index in [0.29, 0.717) is 35.2 Å². The molecule has 0 aliphatic carbocycles. The monoisotopic (exact) mass is 523 g/mol. The fraction of sp³-hybridized carbons (Fsp3) is 0.250. The maximum atomic E-state index is 13.7. The first kappa shape index (κ1) is 26.3. The summed E-state index contributed by atoms with van der Waals surface area (Å²) in [6.45, 7) is 2.23. The fourth-order valence-corrected chi connectivity index (χ4v) is 5.22. The summed E-state index contributed by atoms with van der Waals surface area (Å²) in [6.07, 6.45) is 1.48. The van der Waals surface area contributed by atoms with Crippen molar-refractivity contribution < 1.29 is 19.4 Å². The molecule has 1 fully saturated rings.